The highest BCUT2D eigenvalue weighted by Gasteiger charge is 2.28. The normalized spacial score (nSPS) is 11.6. The molecule has 1 atom stereocenters. The van der Waals surface area contributed by atoms with Gasteiger partial charge in [0.25, 0.3) is 5.91 Å². The van der Waals surface area contributed by atoms with Crippen LogP contribution in [0.25, 0.3) is 11.4 Å². The molecule has 0 radical (unpaired) electrons. The first-order valence-corrected chi connectivity index (χ1v) is 12.0. The van der Waals surface area contributed by atoms with E-state index in [0.29, 0.717) is 46.8 Å². The molecule has 0 fully saturated rings. The summed E-state index contributed by atoms with van der Waals surface area (Å²) in [6.45, 7) is 6.17. The standard InChI is InChI=1S/C26H34N6O5/c1-17(2)12-13-27-26(34)18(3)32(20-8-7-9-21(15-20)35-4)24(33)16-31-29-25(28-30-31)19-10-11-22(36-5)23(14-19)37-6/h7-11,14-15,17-18H,12-13,16H2,1-6H3,(H,27,34)/t18-/m0/s1. The maximum absolute atomic E-state index is 13.5. The van der Waals surface area contributed by atoms with Gasteiger partial charge < -0.3 is 19.5 Å². The van der Waals surface area contributed by atoms with Crippen LogP contribution in [0.2, 0.25) is 0 Å². The van der Waals surface area contributed by atoms with E-state index in [1.807, 2.05) is 0 Å². The molecule has 0 saturated carbocycles. The van der Waals surface area contributed by atoms with Crippen molar-refractivity contribution < 1.29 is 23.8 Å². The number of carbonyl (C=O) groups is 2. The van der Waals surface area contributed by atoms with Gasteiger partial charge in [0.15, 0.2) is 11.5 Å². The van der Waals surface area contributed by atoms with Crippen LogP contribution >= 0.6 is 0 Å². The lowest BCUT2D eigenvalue weighted by Gasteiger charge is -2.28. The van der Waals surface area contributed by atoms with Gasteiger partial charge in [0.1, 0.15) is 18.3 Å². The van der Waals surface area contributed by atoms with Crippen LogP contribution < -0.4 is 24.4 Å². The number of tetrazole rings is 1. The van der Waals surface area contributed by atoms with Gasteiger partial charge in [-0.1, -0.05) is 19.9 Å². The Bertz CT molecular complexity index is 1210. The number of anilines is 1. The monoisotopic (exact) mass is 510 g/mol. The first-order chi connectivity index (χ1) is 17.8. The molecule has 1 aromatic heterocycles. The number of methoxy groups -OCH3 is 3. The Morgan fingerprint density at radius 2 is 1.76 bits per heavy atom. The molecule has 2 amide bonds. The second-order valence-electron chi connectivity index (χ2n) is 8.83. The average molecular weight is 511 g/mol. The Kier molecular flexibility index (Phi) is 9.42. The van der Waals surface area contributed by atoms with Crippen molar-refractivity contribution in [3.63, 3.8) is 0 Å². The highest BCUT2D eigenvalue weighted by Crippen LogP contribution is 2.30. The van der Waals surface area contributed by atoms with E-state index >= 15 is 0 Å². The summed E-state index contributed by atoms with van der Waals surface area (Å²) >= 11 is 0. The lowest BCUT2D eigenvalue weighted by atomic mass is 10.1. The molecule has 0 aliphatic rings. The molecule has 0 spiro atoms. The minimum Gasteiger partial charge on any atom is -0.497 e. The van der Waals surface area contributed by atoms with Gasteiger partial charge >= 0.3 is 0 Å². The zero-order chi connectivity index (χ0) is 26.9. The molecule has 0 unspecified atom stereocenters. The van der Waals surface area contributed by atoms with Gasteiger partial charge in [0, 0.05) is 23.9 Å². The van der Waals surface area contributed by atoms with Gasteiger partial charge in [-0.15, -0.1) is 10.2 Å². The minimum absolute atomic E-state index is 0.221. The number of aromatic nitrogens is 4. The Morgan fingerprint density at radius 1 is 1.00 bits per heavy atom. The molecular formula is C26H34N6O5. The Labute approximate surface area is 216 Å². The van der Waals surface area contributed by atoms with Crippen molar-refractivity contribution in [2.45, 2.75) is 39.8 Å². The third kappa shape index (κ3) is 6.96. The Balaban J connectivity index is 1.83. The molecule has 198 valence electrons. The first kappa shape index (κ1) is 27.4. The number of benzene rings is 2. The van der Waals surface area contributed by atoms with E-state index in [-0.39, 0.29) is 18.4 Å². The smallest absolute Gasteiger partial charge is 0.251 e. The molecule has 0 saturated heterocycles. The van der Waals surface area contributed by atoms with Crippen LogP contribution in [-0.2, 0) is 16.1 Å². The van der Waals surface area contributed by atoms with Gasteiger partial charge in [-0.05, 0) is 54.8 Å². The Morgan fingerprint density at radius 3 is 2.43 bits per heavy atom. The second-order valence-corrected chi connectivity index (χ2v) is 8.83. The summed E-state index contributed by atoms with van der Waals surface area (Å²) in [4.78, 5) is 29.1. The van der Waals surface area contributed by atoms with Crippen molar-refractivity contribution in [3.8, 4) is 28.6 Å². The maximum Gasteiger partial charge on any atom is 0.251 e. The summed E-state index contributed by atoms with van der Waals surface area (Å²) in [7, 11) is 4.64. The molecule has 2 aromatic carbocycles. The van der Waals surface area contributed by atoms with Gasteiger partial charge in [0.2, 0.25) is 11.7 Å². The van der Waals surface area contributed by atoms with Crippen molar-refractivity contribution in [1.29, 1.82) is 0 Å². The fourth-order valence-corrected chi connectivity index (χ4v) is 3.69. The number of carbonyl (C=O) groups excluding carboxylic acids is 2. The van der Waals surface area contributed by atoms with Crippen molar-refractivity contribution in [1.82, 2.24) is 25.5 Å². The molecule has 3 aromatic rings. The molecule has 1 N–H and O–H groups in total. The molecule has 37 heavy (non-hydrogen) atoms. The third-order valence-electron chi connectivity index (χ3n) is 5.76. The second kappa shape index (κ2) is 12.7. The summed E-state index contributed by atoms with van der Waals surface area (Å²) in [6, 6.07) is 11.5. The van der Waals surface area contributed by atoms with E-state index in [4.69, 9.17) is 14.2 Å². The largest absolute Gasteiger partial charge is 0.497 e. The number of hydrogen-bond donors (Lipinski definition) is 1. The maximum atomic E-state index is 13.5. The van der Waals surface area contributed by atoms with E-state index < -0.39 is 6.04 Å². The number of nitrogens with zero attached hydrogens (tertiary/aromatic N) is 5. The fourth-order valence-electron chi connectivity index (χ4n) is 3.69. The van der Waals surface area contributed by atoms with Crippen molar-refractivity contribution >= 4 is 17.5 Å². The minimum atomic E-state index is -0.777. The Hall–Kier alpha value is -4.15. The highest BCUT2D eigenvalue weighted by atomic mass is 16.5. The SMILES string of the molecule is COc1cccc(N(C(=O)Cn2nnc(-c3ccc(OC)c(OC)c3)n2)[C@@H](C)C(=O)NCCC(C)C)c1. The van der Waals surface area contributed by atoms with E-state index in [1.165, 1.54) is 16.8 Å². The molecular weight excluding hydrogens is 476 g/mol. The van der Waals surface area contributed by atoms with Gasteiger partial charge in [-0.25, -0.2) is 0 Å². The average Bonchev–Trinajstić information content (AvgIpc) is 3.36. The summed E-state index contributed by atoms with van der Waals surface area (Å²) in [6.07, 6.45) is 0.841. The molecule has 0 aliphatic carbocycles. The lowest BCUT2D eigenvalue weighted by Crippen LogP contribution is -2.49. The van der Waals surface area contributed by atoms with Crippen LogP contribution in [0, 0.1) is 5.92 Å². The third-order valence-corrected chi connectivity index (χ3v) is 5.76. The zero-order valence-electron chi connectivity index (χ0n) is 22.1. The van der Waals surface area contributed by atoms with Crippen LogP contribution in [0.15, 0.2) is 42.5 Å². The van der Waals surface area contributed by atoms with E-state index in [1.54, 1.807) is 63.6 Å². The molecule has 11 heteroatoms. The van der Waals surface area contributed by atoms with Crippen LogP contribution in [0.5, 0.6) is 17.2 Å². The van der Waals surface area contributed by atoms with Crippen molar-refractivity contribution in [3.05, 3.63) is 42.5 Å². The summed E-state index contributed by atoms with van der Waals surface area (Å²) < 4.78 is 15.9. The van der Waals surface area contributed by atoms with Crippen molar-refractivity contribution in [2.24, 2.45) is 5.92 Å². The van der Waals surface area contributed by atoms with Gasteiger partial charge in [-0.2, -0.15) is 4.80 Å². The van der Waals surface area contributed by atoms with E-state index in [0.717, 1.165) is 6.42 Å². The summed E-state index contributed by atoms with van der Waals surface area (Å²) in [5.41, 5.74) is 1.18. The molecule has 3 rings (SSSR count). The molecule has 0 bridgehead atoms. The highest BCUT2D eigenvalue weighted by molar-refractivity contribution is 6.00. The molecule has 1 heterocycles. The fraction of sp³-hybridized carbons (Fsp3) is 0.423. The molecule has 0 aliphatic heterocycles. The topological polar surface area (TPSA) is 121 Å². The number of ether oxygens (including phenoxy) is 3. The first-order valence-electron chi connectivity index (χ1n) is 12.0. The van der Waals surface area contributed by atoms with Crippen LogP contribution in [-0.4, -0.2) is 65.9 Å². The predicted molar refractivity (Wildman–Crippen MR) is 139 cm³/mol. The predicted octanol–water partition coefficient (Wildman–Crippen LogP) is 2.95. The quantitative estimate of drug-likeness (QED) is 0.395. The van der Waals surface area contributed by atoms with Crippen molar-refractivity contribution in [2.75, 3.05) is 32.8 Å². The van der Waals surface area contributed by atoms with E-state index in [9.17, 15) is 9.59 Å². The number of amides is 2. The van der Waals surface area contributed by atoms with Crippen LogP contribution in [0.4, 0.5) is 5.69 Å². The number of hydrogen-bond acceptors (Lipinski definition) is 8. The number of rotatable bonds is 12. The van der Waals surface area contributed by atoms with Crippen LogP contribution in [0.3, 0.4) is 0 Å². The van der Waals surface area contributed by atoms with Gasteiger partial charge in [-0.3, -0.25) is 14.5 Å². The van der Waals surface area contributed by atoms with Gasteiger partial charge in [0.05, 0.1) is 21.3 Å². The zero-order valence-corrected chi connectivity index (χ0v) is 22.1. The van der Waals surface area contributed by atoms with Crippen LogP contribution in [0.1, 0.15) is 27.2 Å². The summed E-state index contributed by atoms with van der Waals surface area (Å²) in [5.74, 6) is 1.80. The van der Waals surface area contributed by atoms with E-state index in [2.05, 4.69) is 34.6 Å². The molecule has 11 nitrogen and oxygen atoms in total. The summed E-state index contributed by atoms with van der Waals surface area (Å²) in [5, 5.41) is 15.4. The number of nitrogens with one attached hydrogen (secondary N) is 1. The lowest BCUT2D eigenvalue weighted by molar-refractivity contribution is -0.126.